The van der Waals surface area contributed by atoms with Gasteiger partial charge in [0.05, 0.1) is 12.1 Å². The van der Waals surface area contributed by atoms with Crippen molar-refractivity contribution in [3.8, 4) is 11.1 Å². The minimum Gasteiger partial charge on any atom is -0.448 e. The van der Waals surface area contributed by atoms with Gasteiger partial charge in [-0.3, -0.25) is 9.59 Å². The van der Waals surface area contributed by atoms with Gasteiger partial charge in [0.1, 0.15) is 6.61 Å². The first-order valence-corrected chi connectivity index (χ1v) is 15.9. The Morgan fingerprint density at radius 1 is 0.705 bits per heavy atom. The number of nitrogens with one attached hydrogen (secondary N) is 2. The van der Waals surface area contributed by atoms with Crippen LogP contribution >= 0.6 is 0 Å². The first-order valence-electron chi connectivity index (χ1n) is 15.9. The summed E-state index contributed by atoms with van der Waals surface area (Å²) in [4.78, 5) is 39.7. The molecule has 2 aromatic carbocycles. The van der Waals surface area contributed by atoms with Crippen molar-refractivity contribution in [2.75, 3.05) is 45.9 Å². The molecule has 1 aliphatic rings. The van der Waals surface area contributed by atoms with Gasteiger partial charge in [0.2, 0.25) is 11.8 Å². The van der Waals surface area contributed by atoms with Crippen LogP contribution < -0.4 is 33.6 Å². The lowest BCUT2D eigenvalue weighted by atomic mass is 9.98. The van der Waals surface area contributed by atoms with Crippen LogP contribution in [0.2, 0.25) is 0 Å². The quantitative estimate of drug-likeness (QED) is 0.123. The summed E-state index contributed by atoms with van der Waals surface area (Å²) in [5.41, 5.74) is 27.6. The lowest BCUT2D eigenvalue weighted by molar-refractivity contribution is -0.123. The molecule has 2 aromatic rings. The van der Waals surface area contributed by atoms with E-state index < -0.39 is 18.2 Å². The van der Waals surface area contributed by atoms with Gasteiger partial charge in [0, 0.05) is 32.1 Å². The topological polar surface area (TPSA) is 192 Å². The third-order valence-electron chi connectivity index (χ3n) is 8.01. The smallest absolute Gasteiger partial charge is 0.409 e. The summed E-state index contributed by atoms with van der Waals surface area (Å²) in [5, 5.41) is 5.73. The number of carbonyl (C=O) groups excluding carboxylic acids is 3. The van der Waals surface area contributed by atoms with Crippen molar-refractivity contribution in [1.29, 1.82) is 0 Å². The molecule has 242 valence electrons. The van der Waals surface area contributed by atoms with Crippen LogP contribution in [-0.4, -0.2) is 80.8 Å². The summed E-state index contributed by atoms with van der Waals surface area (Å²) in [7, 11) is 0. The Bertz CT molecular complexity index is 1110. The highest BCUT2D eigenvalue weighted by molar-refractivity contribution is 5.82. The number of ether oxygens (including phenoxy) is 1. The van der Waals surface area contributed by atoms with E-state index in [1.54, 1.807) is 4.90 Å². The monoisotopic (exact) mass is 609 g/mol. The van der Waals surface area contributed by atoms with Gasteiger partial charge >= 0.3 is 6.09 Å². The number of hydrogen-bond acceptors (Lipinski definition) is 8. The number of nitrogens with zero attached hydrogens (tertiary/aromatic N) is 1. The highest BCUT2D eigenvalue weighted by Crippen LogP contribution is 2.44. The second-order valence-electron chi connectivity index (χ2n) is 11.4. The maximum Gasteiger partial charge on any atom is 0.409 e. The molecule has 1 aliphatic carbocycles. The Morgan fingerprint density at radius 2 is 1.16 bits per heavy atom. The van der Waals surface area contributed by atoms with Gasteiger partial charge < -0.3 is 43.2 Å². The molecule has 0 saturated carbocycles. The van der Waals surface area contributed by atoms with Gasteiger partial charge in [-0.1, -0.05) is 61.4 Å². The summed E-state index contributed by atoms with van der Waals surface area (Å²) >= 11 is 0. The van der Waals surface area contributed by atoms with Crippen LogP contribution in [-0.2, 0) is 14.3 Å². The first kappa shape index (κ1) is 35.0. The normalized spacial score (nSPS) is 13.5. The Labute approximate surface area is 261 Å². The van der Waals surface area contributed by atoms with E-state index in [1.165, 1.54) is 0 Å². The van der Waals surface area contributed by atoms with Crippen molar-refractivity contribution in [1.82, 2.24) is 15.5 Å². The number of hydrogen-bond donors (Lipinski definition) is 6. The first-order chi connectivity index (χ1) is 21.4. The van der Waals surface area contributed by atoms with E-state index in [0.29, 0.717) is 65.0 Å². The number of amides is 3. The summed E-state index contributed by atoms with van der Waals surface area (Å²) in [6.07, 6.45) is 5.06. The Hall–Kier alpha value is -3.51. The SMILES string of the molecule is NCCCC[C@H](N)C(=O)NCCCN(CCCNC(=O)[C@@H](N)CCCCN)C(=O)OCC1c2ccccc2-c2ccccc21. The van der Waals surface area contributed by atoms with Crippen molar-refractivity contribution < 1.29 is 19.1 Å². The van der Waals surface area contributed by atoms with Crippen LogP contribution in [0.5, 0.6) is 0 Å². The van der Waals surface area contributed by atoms with E-state index in [-0.39, 0.29) is 24.3 Å². The van der Waals surface area contributed by atoms with E-state index in [4.69, 9.17) is 27.7 Å². The lowest BCUT2D eigenvalue weighted by Gasteiger charge is -2.24. The van der Waals surface area contributed by atoms with Crippen LogP contribution in [0.4, 0.5) is 4.79 Å². The Kier molecular flexibility index (Phi) is 15.1. The molecule has 0 heterocycles. The molecule has 11 heteroatoms. The van der Waals surface area contributed by atoms with Gasteiger partial charge in [-0.15, -0.1) is 0 Å². The Morgan fingerprint density at radius 3 is 1.61 bits per heavy atom. The van der Waals surface area contributed by atoms with Crippen molar-refractivity contribution in [2.24, 2.45) is 22.9 Å². The maximum atomic E-state index is 13.4. The molecule has 44 heavy (non-hydrogen) atoms. The molecule has 0 saturated heterocycles. The number of carbonyl (C=O) groups is 3. The average Bonchev–Trinajstić information content (AvgIpc) is 3.36. The molecular formula is C33H51N7O4. The third-order valence-corrected chi connectivity index (χ3v) is 8.01. The molecule has 2 atom stereocenters. The van der Waals surface area contributed by atoms with Gasteiger partial charge in [-0.25, -0.2) is 4.79 Å². The summed E-state index contributed by atoms with van der Waals surface area (Å²) in [6, 6.07) is 15.2. The van der Waals surface area contributed by atoms with E-state index in [9.17, 15) is 14.4 Å². The van der Waals surface area contributed by atoms with Crippen LogP contribution in [0.3, 0.4) is 0 Å². The predicted molar refractivity (Wildman–Crippen MR) is 174 cm³/mol. The minimum absolute atomic E-state index is 0.0479. The maximum absolute atomic E-state index is 13.4. The molecule has 0 radical (unpaired) electrons. The average molecular weight is 610 g/mol. The zero-order chi connectivity index (χ0) is 31.7. The minimum atomic E-state index is -0.579. The highest BCUT2D eigenvalue weighted by atomic mass is 16.6. The number of fused-ring (bicyclic) bond motifs is 3. The molecule has 0 aliphatic heterocycles. The molecule has 10 N–H and O–H groups in total. The number of benzene rings is 2. The molecule has 0 bridgehead atoms. The van der Waals surface area contributed by atoms with Crippen LogP contribution in [0, 0.1) is 0 Å². The van der Waals surface area contributed by atoms with E-state index >= 15 is 0 Å². The fraction of sp³-hybridized carbons (Fsp3) is 0.545. The number of rotatable bonds is 20. The molecule has 0 unspecified atom stereocenters. The lowest BCUT2D eigenvalue weighted by Crippen LogP contribution is -2.43. The Balaban J connectivity index is 1.54. The molecular weight excluding hydrogens is 558 g/mol. The van der Waals surface area contributed by atoms with Gasteiger partial charge in [0.25, 0.3) is 0 Å². The largest absolute Gasteiger partial charge is 0.448 e. The molecule has 3 amide bonds. The van der Waals surface area contributed by atoms with Crippen molar-refractivity contribution in [3.63, 3.8) is 0 Å². The zero-order valence-corrected chi connectivity index (χ0v) is 25.8. The third kappa shape index (κ3) is 10.6. The predicted octanol–water partition coefficient (Wildman–Crippen LogP) is 2.16. The van der Waals surface area contributed by atoms with E-state index in [0.717, 1.165) is 47.9 Å². The fourth-order valence-corrected chi connectivity index (χ4v) is 5.48. The zero-order valence-electron chi connectivity index (χ0n) is 25.8. The van der Waals surface area contributed by atoms with Crippen molar-refractivity contribution in [3.05, 3.63) is 59.7 Å². The summed E-state index contributed by atoms with van der Waals surface area (Å²) < 4.78 is 5.90. The molecule has 0 spiro atoms. The summed E-state index contributed by atoms with van der Waals surface area (Å²) in [5.74, 6) is -0.464. The molecule has 11 nitrogen and oxygen atoms in total. The molecule has 3 rings (SSSR count). The van der Waals surface area contributed by atoms with Crippen LogP contribution in [0.25, 0.3) is 11.1 Å². The van der Waals surface area contributed by atoms with Crippen LogP contribution in [0.1, 0.15) is 68.4 Å². The van der Waals surface area contributed by atoms with E-state index in [1.807, 2.05) is 24.3 Å². The summed E-state index contributed by atoms with van der Waals surface area (Å²) in [6.45, 7) is 2.89. The van der Waals surface area contributed by atoms with Gasteiger partial charge in [-0.05, 0) is 73.9 Å². The van der Waals surface area contributed by atoms with Gasteiger partial charge in [0.15, 0.2) is 0 Å². The second-order valence-corrected chi connectivity index (χ2v) is 11.4. The van der Waals surface area contributed by atoms with Crippen LogP contribution in [0.15, 0.2) is 48.5 Å². The van der Waals surface area contributed by atoms with Crippen molar-refractivity contribution in [2.45, 2.75) is 69.4 Å². The number of unbranched alkanes of at least 4 members (excludes halogenated alkanes) is 2. The standard InChI is InChI=1S/C33H51N7O4/c34-17-7-5-15-29(36)31(41)38-19-9-21-40(22-10-20-39-32(42)30(37)16-6-8-18-35)33(43)44-23-28-26-13-3-1-11-24(26)25-12-2-4-14-27(25)28/h1-4,11-14,28-30H,5-10,15-23,34-37H2,(H,38,41)(H,39,42)/t29-,30-/m0/s1. The van der Waals surface area contributed by atoms with E-state index in [2.05, 4.69) is 34.9 Å². The molecule has 0 aromatic heterocycles. The number of nitrogens with two attached hydrogens (primary N) is 4. The van der Waals surface area contributed by atoms with Crippen molar-refractivity contribution >= 4 is 17.9 Å². The highest BCUT2D eigenvalue weighted by Gasteiger charge is 2.29. The molecule has 0 fully saturated rings. The van der Waals surface area contributed by atoms with Gasteiger partial charge in [-0.2, -0.15) is 0 Å². The fourth-order valence-electron chi connectivity index (χ4n) is 5.48. The second kappa shape index (κ2) is 19.0.